The molecule has 0 unspecified atom stereocenters. The molecule has 0 aliphatic heterocycles. The van der Waals surface area contributed by atoms with Crippen molar-refractivity contribution in [2.75, 3.05) is 0 Å². The highest BCUT2D eigenvalue weighted by Crippen LogP contribution is 2.28. The molecule has 4 heteroatoms. The lowest BCUT2D eigenvalue weighted by Crippen LogP contribution is -1.94. The first-order valence-electron chi connectivity index (χ1n) is 6.99. The van der Waals surface area contributed by atoms with Crippen molar-refractivity contribution in [1.29, 1.82) is 5.26 Å². The number of hydrogen-bond acceptors (Lipinski definition) is 1. The number of para-hydroxylation sites is 1. The van der Waals surface area contributed by atoms with Gasteiger partial charge in [-0.3, -0.25) is 0 Å². The molecule has 0 aliphatic carbocycles. The summed E-state index contributed by atoms with van der Waals surface area (Å²) in [5.41, 5.74) is 3.09. The summed E-state index contributed by atoms with van der Waals surface area (Å²) in [4.78, 5) is 0. The molecule has 0 fully saturated rings. The number of benzene rings is 2. The highest BCUT2D eigenvalue weighted by molar-refractivity contribution is 6.36. The Kier molecular flexibility index (Phi) is 4.52. The van der Waals surface area contributed by atoms with E-state index >= 15 is 0 Å². The van der Waals surface area contributed by atoms with E-state index in [1.54, 1.807) is 18.2 Å². The van der Waals surface area contributed by atoms with Crippen LogP contribution in [-0.4, -0.2) is 4.57 Å². The number of allylic oxidation sites excluding steroid dienone is 1. The van der Waals surface area contributed by atoms with Crippen LogP contribution in [-0.2, 0) is 0 Å². The van der Waals surface area contributed by atoms with E-state index in [-0.39, 0.29) is 0 Å². The van der Waals surface area contributed by atoms with Gasteiger partial charge in [0.1, 0.15) is 0 Å². The van der Waals surface area contributed by atoms with Crippen molar-refractivity contribution in [2.24, 2.45) is 0 Å². The van der Waals surface area contributed by atoms with Crippen LogP contribution < -0.4 is 0 Å². The first-order chi connectivity index (χ1) is 11.2. The minimum Gasteiger partial charge on any atom is -0.317 e. The Hall–Kier alpha value is -2.47. The topological polar surface area (TPSA) is 28.7 Å². The van der Waals surface area contributed by atoms with Gasteiger partial charge in [-0.25, -0.2) is 0 Å². The van der Waals surface area contributed by atoms with E-state index in [9.17, 15) is 5.26 Å². The number of hydrogen-bond donors (Lipinski definition) is 0. The fourth-order valence-electron chi connectivity index (χ4n) is 2.36. The molecular formula is C19H12Cl2N2. The van der Waals surface area contributed by atoms with E-state index in [0.29, 0.717) is 21.2 Å². The van der Waals surface area contributed by atoms with Gasteiger partial charge in [0, 0.05) is 28.2 Å². The van der Waals surface area contributed by atoms with Crippen LogP contribution in [0.25, 0.3) is 17.3 Å². The van der Waals surface area contributed by atoms with Crippen molar-refractivity contribution in [3.63, 3.8) is 0 Å². The highest BCUT2D eigenvalue weighted by atomic mass is 35.5. The van der Waals surface area contributed by atoms with Crippen LogP contribution in [0.1, 0.15) is 11.3 Å². The second-order valence-corrected chi connectivity index (χ2v) is 5.78. The van der Waals surface area contributed by atoms with E-state index < -0.39 is 0 Å². The van der Waals surface area contributed by atoms with E-state index in [4.69, 9.17) is 23.2 Å². The van der Waals surface area contributed by atoms with Gasteiger partial charge in [-0.1, -0.05) is 47.5 Å². The quantitative estimate of drug-likeness (QED) is 0.550. The summed E-state index contributed by atoms with van der Waals surface area (Å²) in [5.74, 6) is 0. The molecule has 0 radical (unpaired) electrons. The fraction of sp³-hybridized carbons (Fsp3) is 0. The standard InChI is InChI=1S/C19H12Cl2N2/c20-15-8-9-18(19(21)12-15)14(13-22)11-17-7-4-10-23(17)16-5-2-1-3-6-16/h1-12H/b14-11-. The average molecular weight is 339 g/mol. The van der Waals surface area contributed by atoms with Crippen LogP contribution in [0.3, 0.4) is 0 Å². The van der Waals surface area contributed by atoms with Crippen molar-refractivity contribution in [3.05, 3.63) is 88.2 Å². The van der Waals surface area contributed by atoms with E-state index in [2.05, 4.69) is 6.07 Å². The Morgan fingerprint density at radius 2 is 1.78 bits per heavy atom. The van der Waals surface area contributed by atoms with Gasteiger partial charge in [0.15, 0.2) is 0 Å². The zero-order valence-corrected chi connectivity index (χ0v) is 13.6. The molecule has 0 saturated heterocycles. The average Bonchev–Trinajstić information content (AvgIpc) is 3.02. The number of halogens is 2. The SMILES string of the molecule is N#C/C(=C/c1cccn1-c1ccccc1)c1ccc(Cl)cc1Cl. The van der Waals surface area contributed by atoms with Gasteiger partial charge < -0.3 is 4.57 Å². The molecule has 2 nitrogen and oxygen atoms in total. The Morgan fingerprint density at radius 3 is 2.48 bits per heavy atom. The first kappa shape index (κ1) is 15.4. The molecule has 0 saturated carbocycles. The maximum absolute atomic E-state index is 9.51. The largest absolute Gasteiger partial charge is 0.317 e. The number of nitriles is 1. The summed E-state index contributed by atoms with van der Waals surface area (Å²) >= 11 is 12.1. The van der Waals surface area contributed by atoms with Crippen molar-refractivity contribution < 1.29 is 0 Å². The normalized spacial score (nSPS) is 11.3. The summed E-state index contributed by atoms with van der Waals surface area (Å²) < 4.78 is 2.02. The van der Waals surface area contributed by atoms with E-state index in [1.807, 2.05) is 59.3 Å². The van der Waals surface area contributed by atoms with Gasteiger partial charge in [0.25, 0.3) is 0 Å². The van der Waals surface area contributed by atoms with Gasteiger partial charge in [-0.15, -0.1) is 0 Å². The zero-order valence-electron chi connectivity index (χ0n) is 12.1. The maximum Gasteiger partial charge on any atom is 0.0999 e. The molecule has 0 spiro atoms. The highest BCUT2D eigenvalue weighted by Gasteiger charge is 2.09. The molecule has 0 amide bonds. The number of rotatable bonds is 3. The summed E-state index contributed by atoms with van der Waals surface area (Å²) in [6.07, 6.45) is 3.78. The molecule has 0 atom stereocenters. The van der Waals surface area contributed by atoms with Crippen molar-refractivity contribution in [3.8, 4) is 11.8 Å². The Labute approximate surface area is 144 Å². The molecule has 1 aromatic heterocycles. The first-order valence-corrected chi connectivity index (χ1v) is 7.74. The van der Waals surface area contributed by atoms with Crippen LogP contribution in [0, 0.1) is 11.3 Å². The Bertz CT molecular complexity index is 903. The summed E-state index contributed by atoms with van der Waals surface area (Å²) in [7, 11) is 0. The molecule has 1 heterocycles. The molecular weight excluding hydrogens is 327 g/mol. The lowest BCUT2D eigenvalue weighted by Gasteiger charge is -2.08. The van der Waals surface area contributed by atoms with Crippen LogP contribution in [0.5, 0.6) is 0 Å². The second kappa shape index (κ2) is 6.75. The summed E-state index contributed by atoms with van der Waals surface area (Å²) in [6.45, 7) is 0. The zero-order chi connectivity index (χ0) is 16.2. The van der Waals surface area contributed by atoms with Crippen LogP contribution in [0.4, 0.5) is 0 Å². The van der Waals surface area contributed by atoms with Gasteiger partial charge in [0.2, 0.25) is 0 Å². The van der Waals surface area contributed by atoms with Crippen molar-refractivity contribution in [2.45, 2.75) is 0 Å². The molecule has 112 valence electrons. The minimum atomic E-state index is 0.461. The third kappa shape index (κ3) is 3.32. The van der Waals surface area contributed by atoms with Crippen LogP contribution in [0.2, 0.25) is 10.0 Å². The molecule has 0 N–H and O–H groups in total. The Balaban J connectivity index is 2.07. The smallest absolute Gasteiger partial charge is 0.0999 e. The Morgan fingerprint density at radius 1 is 1.00 bits per heavy atom. The number of nitrogens with zero attached hydrogens (tertiary/aromatic N) is 2. The lowest BCUT2D eigenvalue weighted by atomic mass is 10.1. The summed E-state index contributed by atoms with van der Waals surface area (Å²) in [5, 5.41) is 10.5. The molecule has 23 heavy (non-hydrogen) atoms. The second-order valence-electron chi connectivity index (χ2n) is 4.93. The van der Waals surface area contributed by atoms with Crippen molar-refractivity contribution in [1.82, 2.24) is 4.57 Å². The van der Waals surface area contributed by atoms with Crippen LogP contribution >= 0.6 is 23.2 Å². The molecule has 3 aromatic rings. The predicted molar refractivity (Wildman–Crippen MR) is 95.7 cm³/mol. The van der Waals surface area contributed by atoms with Gasteiger partial charge in [0.05, 0.1) is 16.7 Å². The van der Waals surface area contributed by atoms with Gasteiger partial charge in [-0.2, -0.15) is 5.26 Å². The van der Waals surface area contributed by atoms with Crippen LogP contribution in [0.15, 0.2) is 66.9 Å². The molecule has 0 aliphatic rings. The minimum absolute atomic E-state index is 0.461. The third-order valence-electron chi connectivity index (χ3n) is 3.45. The number of aromatic nitrogens is 1. The maximum atomic E-state index is 9.51. The third-order valence-corrected chi connectivity index (χ3v) is 4.00. The molecule has 3 rings (SSSR count). The van der Waals surface area contributed by atoms with Crippen molar-refractivity contribution >= 4 is 34.9 Å². The van der Waals surface area contributed by atoms with E-state index in [1.165, 1.54) is 0 Å². The predicted octanol–water partition coefficient (Wildman–Crippen LogP) is 5.85. The molecule has 2 aromatic carbocycles. The van der Waals surface area contributed by atoms with Gasteiger partial charge in [-0.05, 0) is 42.5 Å². The van der Waals surface area contributed by atoms with E-state index in [0.717, 1.165) is 11.4 Å². The monoisotopic (exact) mass is 338 g/mol. The lowest BCUT2D eigenvalue weighted by molar-refractivity contribution is 1.06. The summed E-state index contributed by atoms with van der Waals surface area (Å²) in [6, 6.07) is 21.2. The fourth-order valence-corrected chi connectivity index (χ4v) is 2.87. The molecule has 0 bridgehead atoms. The van der Waals surface area contributed by atoms with Gasteiger partial charge >= 0.3 is 0 Å².